The maximum atomic E-state index is 13.6. The van der Waals surface area contributed by atoms with Crippen molar-refractivity contribution in [1.82, 2.24) is 0 Å². The first-order chi connectivity index (χ1) is 7.74. The number of carbonyl (C=O) groups is 1. The van der Waals surface area contributed by atoms with E-state index in [1.807, 2.05) is 0 Å². The van der Waals surface area contributed by atoms with E-state index in [0.717, 1.165) is 11.2 Å². The minimum atomic E-state index is -0.319. The highest BCUT2D eigenvalue weighted by atomic mass is 32.1. The molecule has 1 aromatic heterocycles. The number of halogens is 1. The molecule has 0 spiro atoms. The summed E-state index contributed by atoms with van der Waals surface area (Å²) in [5.41, 5.74) is 1.01. The molecule has 1 aromatic carbocycles. The summed E-state index contributed by atoms with van der Waals surface area (Å²) in [6, 6.07) is 6.20. The second kappa shape index (κ2) is 4.45. The monoisotopic (exact) mass is 236 g/mol. The van der Waals surface area contributed by atoms with Crippen molar-refractivity contribution < 1.29 is 13.9 Å². The Bertz CT molecular complexity index is 519. The molecule has 2 aromatic rings. The SMILES string of the molecule is COc1ccc(F)c(-c2cc(C=O)cs2)c1. The summed E-state index contributed by atoms with van der Waals surface area (Å²) in [6.45, 7) is 0. The van der Waals surface area contributed by atoms with E-state index in [1.54, 1.807) is 23.6 Å². The Kier molecular flexibility index (Phi) is 3.01. The lowest BCUT2D eigenvalue weighted by Crippen LogP contribution is -1.86. The van der Waals surface area contributed by atoms with Crippen LogP contribution >= 0.6 is 11.3 Å². The minimum Gasteiger partial charge on any atom is -0.497 e. The van der Waals surface area contributed by atoms with Gasteiger partial charge in [0, 0.05) is 21.4 Å². The number of methoxy groups -OCH3 is 1. The molecule has 2 rings (SSSR count). The van der Waals surface area contributed by atoms with Gasteiger partial charge in [0.1, 0.15) is 11.6 Å². The number of benzene rings is 1. The van der Waals surface area contributed by atoms with E-state index in [-0.39, 0.29) is 5.82 Å². The van der Waals surface area contributed by atoms with Gasteiger partial charge in [-0.3, -0.25) is 4.79 Å². The molecule has 0 N–H and O–H groups in total. The van der Waals surface area contributed by atoms with Gasteiger partial charge in [0.05, 0.1) is 7.11 Å². The Hall–Kier alpha value is -1.68. The van der Waals surface area contributed by atoms with Crippen molar-refractivity contribution in [1.29, 1.82) is 0 Å². The summed E-state index contributed by atoms with van der Waals surface area (Å²) >= 11 is 1.33. The first kappa shape index (κ1) is 10.8. The number of hydrogen-bond acceptors (Lipinski definition) is 3. The molecule has 0 amide bonds. The van der Waals surface area contributed by atoms with Gasteiger partial charge >= 0.3 is 0 Å². The molecule has 0 bridgehead atoms. The smallest absolute Gasteiger partial charge is 0.150 e. The van der Waals surface area contributed by atoms with Crippen molar-refractivity contribution >= 4 is 17.6 Å². The van der Waals surface area contributed by atoms with E-state index in [2.05, 4.69) is 0 Å². The third-order valence-corrected chi connectivity index (χ3v) is 3.18. The highest BCUT2D eigenvalue weighted by Gasteiger charge is 2.09. The normalized spacial score (nSPS) is 10.1. The quantitative estimate of drug-likeness (QED) is 0.764. The molecule has 0 atom stereocenters. The topological polar surface area (TPSA) is 26.3 Å². The van der Waals surface area contributed by atoms with Crippen LogP contribution in [0.5, 0.6) is 5.75 Å². The van der Waals surface area contributed by atoms with Crippen molar-refractivity contribution in [2.75, 3.05) is 7.11 Å². The molecular formula is C12H9FO2S. The maximum Gasteiger partial charge on any atom is 0.150 e. The van der Waals surface area contributed by atoms with Gasteiger partial charge in [-0.05, 0) is 24.3 Å². The van der Waals surface area contributed by atoms with Gasteiger partial charge in [-0.25, -0.2) is 4.39 Å². The average molecular weight is 236 g/mol. The van der Waals surface area contributed by atoms with Crippen LogP contribution in [0.3, 0.4) is 0 Å². The van der Waals surface area contributed by atoms with Gasteiger partial charge in [0.25, 0.3) is 0 Å². The van der Waals surface area contributed by atoms with Gasteiger partial charge in [-0.2, -0.15) is 0 Å². The van der Waals surface area contributed by atoms with E-state index in [4.69, 9.17) is 4.74 Å². The van der Waals surface area contributed by atoms with Crippen molar-refractivity contribution in [3.05, 3.63) is 41.0 Å². The Balaban J connectivity index is 2.49. The van der Waals surface area contributed by atoms with Crippen LogP contribution < -0.4 is 4.74 Å². The molecule has 16 heavy (non-hydrogen) atoms. The number of hydrogen-bond donors (Lipinski definition) is 0. The van der Waals surface area contributed by atoms with E-state index < -0.39 is 0 Å². The van der Waals surface area contributed by atoms with Gasteiger partial charge < -0.3 is 4.74 Å². The van der Waals surface area contributed by atoms with Gasteiger partial charge in [0.2, 0.25) is 0 Å². The van der Waals surface area contributed by atoms with Crippen molar-refractivity contribution in [2.45, 2.75) is 0 Å². The largest absolute Gasteiger partial charge is 0.497 e. The Morgan fingerprint density at radius 3 is 2.81 bits per heavy atom. The van der Waals surface area contributed by atoms with E-state index in [1.165, 1.54) is 24.5 Å². The van der Waals surface area contributed by atoms with E-state index in [0.29, 0.717) is 16.9 Å². The molecule has 82 valence electrons. The van der Waals surface area contributed by atoms with Crippen LogP contribution in [0.1, 0.15) is 10.4 Å². The predicted octanol–water partition coefficient (Wildman–Crippen LogP) is 3.38. The lowest BCUT2D eigenvalue weighted by atomic mass is 10.1. The van der Waals surface area contributed by atoms with Crippen LogP contribution in [0.4, 0.5) is 4.39 Å². The van der Waals surface area contributed by atoms with Crippen molar-refractivity contribution in [2.24, 2.45) is 0 Å². The lowest BCUT2D eigenvalue weighted by molar-refractivity contribution is 0.112. The molecule has 0 aliphatic rings. The second-order valence-electron chi connectivity index (χ2n) is 3.21. The van der Waals surface area contributed by atoms with E-state index in [9.17, 15) is 9.18 Å². The molecule has 2 nitrogen and oxygen atoms in total. The van der Waals surface area contributed by atoms with Crippen LogP contribution in [0, 0.1) is 5.82 Å². The summed E-state index contributed by atoms with van der Waals surface area (Å²) in [5, 5.41) is 1.70. The fraction of sp³-hybridized carbons (Fsp3) is 0.0833. The lowest BCUT2D eigenvalue weighted by Gasteiger charge is -2.03. The summed E-state index contributed by atoms with van der Waals surface area (Å²) < 4.78 is 18.6. The van der Waals surface area contributed by atoms with Crippen LogP contribution in [0.15, 0.2) is 29.6 Å². The van der Waals surface area contributed by atoms with Crippen LogP contribution in [0.2, 0.25) is 0 Å². The second-order valence-corrected chi connectivity index (χ2v) is 4.12. The summed E-state index contributed by atoms with van der Waals surface area (Å²) in [5.74, 6) is 0.276. The van der Waals surface area contributed by atoms with Gasteiger partial charge in [-0.15, -0.1) is 11.3 Å². The molecule has 0 unspecified atom stereocenters. The summed E-state index contributed by atoms with van der Waals surface area (Å²) in [4.78, 5) is 11.3. The fourth-order valence-electron chi connectivity index (χ4n) is 1.37. The molecule has 0 aliphatic heterocycles. The molecule has 0 fully saturated rings. The number of carbonyl (C=O) groups excluding carboxylic acids is 1. The third kappa shape index (κ3) is 1.97. The van der Waals surface area contributed by atoms with Gasteiger partial charge in [-0.1, -0.05) is 0 Å². The summed E-state index contributed by atoms with van der Waals surface area (Å²) in [6.07, 6.45) is 0.748. The average Bonchev–Trinajstić information content (AvgIpc) is 2.78. The minimum absolute atomic E-state index is 0.319. The van der Waals surface area contributed by atoms with Crippen molar-refractivity contribution in [3.8, 4) is 16.2 Å². The van der Waals surface area contributed by atoms with Gasteiger partial charge in [0.15, 0.2) is 6.29 Å². The first-order valence-corrected chi connectivity index (χ1v) is 5.50. The zero-order valence-corrected chi connectivity index (χ0v) is 9.38. The molecule has 4 heteroatoms. The molecule has 0 aliphatic carbocycles. The molecule has 0 saturated heterocycles. The molecule has 0 radical (unpaired) electrons. The third-order valence-electron chi connectivity index (χ3n) is 2.19. The predicted molar refractivity (Wildman–Crippen MR) is 61.7 cm³/mol. The van der Waals surface area contributed by atoms with Crippen molar-refractivity contribution in [3.63, 3.8) is 0 Å². The molecular weight excluding hydrogens is 227 g/mol. The van der Waals surface area contributed by atoms with Crippen LogP contribution in [0.25, 0.3) is 10.4 Å². The van der Waals surface area contributed by atoms with Crippen LogP contribution in [-0.4, -0.2) is 13.4 Å². The highest BCUT2D eigenvalue weighted by molar-refractivity contribution is 7.13. The zero-order valence-electron chi connectivity index (χ0n) is 8.57. The Labute approximate surface area is 96.3 Å². The molecule has 1 heterocycles. The number of thiophene rings is 1. The molecule has 0 saturated carbocycles. The standard InChI is InChI=1S/C12H9FO2S/c1-15-9-2-3-11(13)10(5-9)12-4-8(6-14)7-16-12/h2-7H,1H3. The fourth-order valence-corrected chi connectivity index (χ4v) is 2.25. The highest BCUT2D eigenvalue weighted by Crippen LogP contribution is 2.31. The summed E-state index contributed by atoms with van der Waals surface area (Å²) in [7, 11) is 1.53. The van der Waals surface area contributed by atoms with Crippen LogP contribution in [-0.2, 0) is 0 Å². The number of rotatable bonds is 3. The first-order valence-electron chi connectivity index (χ1n) is 4.62. The van der Waals surface area contributed by atoms with E-state index >= 15 is 0 Å². The Morgan fingerprint density at radius 1 is 1.38 bits per heavy atom. The Morgan fingerprint density at radius 2 is 2.19 bits per heavy atom. The maximum absolute atomic E-state index is 13.6. The number of ether oxygens (including phenoxy) is 1. The number of aldehydes is 1. The zero-order chi connectivity index (χ0) is 11.5.